The zero-order valence-electron chi connectivity index (χ0n) is 11.2. The molecule has 0 amide bonds. The largest absolute Gasteiger partial charge is 0.469 e. The highest BCUT2D eigenvalue weighted by molar-refractivity contribution is 5.85. The number of carbonyl (C=O) groups excluding carboxylic acids is 1. The number of rotatable bonds is 4. The number of esters is 1. The van der Waals surface area contributed by atoms with Gasteiger partial charge in [-0.1, -0.05) is 12.1 Å². The lowest BCUT2D eigenvalue weighted by Crippen LogP contribution is -2.18. The van der Waals surface area contributed by atoms with Gasteiger partial charge in [0.05, 0.1) is 13.5 Å². The first-order valence-corrected chi connectivity index (χ1v) is 6.38. The highest BCUT2D eigenvalue weighted by atomic mass is 35.5. The molecule has 0 radical (unpaired) electrons. The van der Waals surface area contributed by atoms with E-state index in [1.165, 1.54) is 25.6 Å². The van der Waals surface area contributed by atoms with Crippen LogP contribution in [0.1, 0.15) is 30.9 Å². The van der Waals surface area contributed by atoms with Crippen molar-refractivity contribution in [1.29, 1.82) is 0 Å². The molecular formula is C14H21ClN2O2. The second-order valence-corrected chi connectivity index (χ2v) is 4.67. The summed E-state index contributed by atoms with van der Waals surface area (Å²) in [4.78, 5) is 13.5. The fourth-order valence-electron chi connectivity index (χ4n) is 2.29. The summed E-state index contributed by atoms with van der Waals surface area (Å²) in [6, 6.07) is 7.88. The summed E-state index contributed by atoms with van der Waals surface area (Å²) in [5.74, 6) is -0.272. The molecule has 2 N–H and O–H groups in total. The third-order valence-corrected chi connectivity index (χ3v) is 3.41. The molecule has 0 bridgehead atoms. The molecular weight excluding hydrogens is 264 g/mol. The Kier molecular flexibility index (Phi) is 6.12. The van der Waals surface area contributed by atoms with Gasteiger partial charge in [-0.05, 0) is 30.5 Å². The molecule has 1 heterocycles. The van der Waals surface area contributed by atoms with E-state index in [0.717, 1.165) is 18.7 Å². The molecule has 2 rings (SSSR count). The van der Waals surface area contributed by atoms with Crippen molar-refractivity contribution in [3.05, 3.63) is 29.8 Å². The van der Waals surface area contributed by atoms with E-state index in [2.05, 4.69) is 21.8 Å². The van der Waals surface area contributed by atoms with Gasteiger partial charge in [-0.2, -0.15) is 0 Å². The van der Waals surface area contributed by atoms with Gasteiger partial charge in [0.1, 0.15) is 0 Å². The van der Waals surface area contributed by atoms with Crippen molar-refractivity contribution in [2.45, 2.75) is 25.3 Å². The molecule has 1 aromatic carbocycles. The van der Waals surface area contributed by atoms with Gasteiger partial charge < -0.3 is 15.4 Å². The molecule has 1 aliphatic heterocycles. The van der Waals surface area contributed by atoms with Gasteiger partial charge in [-0.3, -0.25) is 4.79 Å². The number of hydrogen-bond acceptors (Lipinski definition) is 4. The normalized spacial score (nSPS) is 15.8. The first-order valence-electron chi connectivity index (χ1n) is 6.38. The minimum absolute atomic E-state index is 0. The first kappa shape index (κ1) is 15.8. The minimum atomic E-state index is -0.287. The number of ether oxygens (including phenoxy) is 1. The molecule has 0 spiro atoms. The van der Waals surface area contributed by atoms with Crippen LogP contribution in [0.15, 0.2) is 24.3 Å². The quantitative estimate of drug-likeness (QED) is 0.862. The van der Waals surface area contributed by atoms with Crippen LogP contribution in [-0.2, 0) is 9.53 Å². The van der Waals surface area contributed by atoms with Crippen molar-refractivity contribution >= 4 is 24.1 Å². The summed E-state index contributed by atoms with van der Waals surface area (Å²) in [5.41, 5.74) is 8.17. The fraction of sp³-hybridized carbons (Fsp3) is 0.500. The van der Waals surface area contributed by atoms with Gasteiger partial charge in [-0.15, -0.1) is 12.4 Å². The molecule has 1 aliphatic rings. The number of nitrogens with zero attached hydrogens (tertiary/aromatic N) is 1. The van der Waals surface area contributed by atoms with Gasteiger partial charge in [0, 0.05) is 24.8 Å². The zero-order chi connectivity index (χ0) is 13.0. The monoisotopic (exact) mass is 284 g/mol. The Morgan fingerprint density at radius 2 is 1.89 bits per heavy atom. The summed E-state index contributed by atoms with van der Waals surface area (Å²) in [7, 11) is 1.38. The SMILES string of the molecule is COC(=O)C[C@@H](N)c1ccc(N2CCCC2)cc1.Cl. The van der Waals surface area contributed by atoms with Crippen LogP contribution >= 0.6 is 12.4 Å². The third kappa shape index (κ3) is 4.11. The van der Waals surface area contributed by atoms with Crippen LogP contribution in [0.25, 0.3) is 0 Å². The van der Waals surface area contributed by atoms with Crippen LogP contribution in [0.3, 0.4) is 0 Å². The lowest BCUT2D eigenvalue weighted by molar-refractivity contribution is -0.141. The maximum Gasteiger partial charge on any atom is 0.307 e. The van der Waals surface area contributed by atoms with E-state index < -0.39 is 0 Å². The Labute approximate surface area is 120 Å². The lowest BCUT2D eigenvalue weighted by atomic mass is 10.0. The van der Waals surface area contributed by atoms with Crippen molar-refractivity contribution in [2.24, 2.45) is 5.73 Å². The standard InChI is InChI=1S/C14H20N2O2.ClH/c1-18-14(17)10-13(15)11-4-6-12(7-5-11)16-8-2-3-9-16;/h4-7,13H,2-3,8-10,15H2,1H3;1H/t13-;/m1./s1. The minimum Gasteiger partial charge on any atom is -0.469 e. The number of carbonyl (C=O) groups is 1. The van der Waals surface area contributed by atoms with Gasteiger partial charge in [0.15, 0.2) is 0 Å². The Morgan fingerprint density at radius 1 is 1.32 bits per heavy atom. The third-order valence-electron chi connectivity index (χ3n) is 3.41. The summed E-state index contributed by atoms with van der Waals surface area (Å²) in [5, 5.41) is 0. The maximum absolute atomic E-state index is 11.2. The van der Waals surface area contributed by atoms with Crippen molar-refractivity contribution in [1.82, 2.24) is 0 Å². The Balaban J connectivity index is 0.00000180. The summed E-state index contributed by atoms with van der Waals surface area (Å²) >= 11 is 0. The molecule has 106 valence electrons. The molecule has 5 heteroatoms. The highest BCUT2D eigenvalue weighted by Gasteiger charge is 2.14. The molecule has 1 fully saturated rings. The lowest BCUT2D eigenvalue weighted by Gasteiger charge is -2.18. The number of anilines is 1. The van der Waals surface area contributed by atoms with Gasteiger partial charge in [-0.25, -0.2) is 0 Å². The predicted molar refractivity (Wildman–Crippen MR) is 78.7 cm³/mol. The first-order chi connectivity index (χ1) is 8.70. The Hall–Kier alpha value is -1.26. The molecule has 1 atom stereocenters. The summed E-state index contributed by atoms with van der Waals surface area (Å²) in [6.07, 6.45) is 2.76. The van der Waals surface area contributed by atoms with Crippen LogP contribution < -0.4 is 10.6 Å². The predicted octanol–water partition coefficient (Wildman–Crippen LogP) is 2.27. The average Bonchev–Trinajstić information content (AvgIpc) is 2.92. The molecule has 1 saturated heterocycles. The number of halogens is 1. The number of hydrogen-bond donors (Lipinski definition) is 1. The number of methoxy groups -OCH3 is 1. The van der Waals surface area contributed by atoms with Crippen molar-refractivity contribution < 1.29 is 9.53 Å². The molecule has 19 heavy (non-hydrogen) atoms. The molecule has 0 unspecified atom stereocenters. The van der Waals surface area contributed by atoms with E-state index in [4.69, 9.17) is 5.73 Å². The van der Waals surface area contributed by atoms with Crippen LogP contribution in [0.5, 0.6) is 0 Å². The van der Waals surface area contributed by atoms with Crippen molar-refractivity contribution in [3.63, 3.8) is 0 Å². The Bertz CT molecular complexity index is 402. The number of benzene rings is 1. The fourth-order valence-corrected chi connectivity index (χ4v) is 2.29. The van der Waals surface area contributed by atoms with E-state index in [0.29, 0.717) is 0 Å². The zero-order valence-corrected chi connectivity index (χ0v) is 12.0. The highest BCUT2D eigenvalue weighted by Crippen LogP contribution is 2.23. The van der Waals surface area contributed by atoms with E-state index in [1.54, 1.807) is 0 Å². The van der Waals surface area contributed by atoms with E-state index >= 15 is 0 Å². The molecule has 0 saturated carbocycles. The topological polar surface area (TPSA) is 55.6 Å². The molecule has 1 aromatic rings. The van der Waals surface area contributed by atoms with Gasteiger partial charge in [0.2, 0.25) is 0 Å². The van der Waals surface area contributed by atoms with Gasteiger partial charge >= 0.3 is 5.97 Å². The number of nitrogens with two attached hydrogens (primary N) is 1. The van der Waals surface area contributed by atoms with Crippen molar-refractivity contribution in [3.8, 4) is 0 Å². The van der Waals surface area contributed by atoms with Crippen LogP contribution in [0, 0.1) is 0 Å². The van der Waals surface area contributed by atoms with E-state index in [9.17, 15) is 4.79 Å². The van der Waals surface area contributed by atoms with E-state index in [1.807, 2.05) is 12.1 Å². The Morgan fingerprint density at radius 3 is 2.42 bits per heavy atom. The summed E-state index contributed by atoms with van der Waals surface area (Å²) < 4.78 is 4.62. The maximum atomic E-state index is 11.2. The van der Waals surface area contributed by atoms with E-state index in [-0.39, 0.29) is 30.8 Å². The van der Waals surface area contributed by atoms with Crippen molar-refractivity contribution in [2.75, 3.05) is 25.1 Å². The second kappa shape index (κ2) is 7.36. The van der Waals surface area contributed by atoms with Crippen LogP contribution in [-0.4, -0.2) is 26.2 Å². The van der Waals surface area contributed by atoms with Gasteiger partial charge in [0.25, 0.3) is 0 Å². The smallest absolute Gasteiger partial charge is 0.307 e. The molecule has 4 nitrogen and oxygen atoms in total. The van der Waals surface area contributed by atoms with Crippen LogP contribution in [0.4, 0.5) is 5.69 Å². The molecule has 0 aliphatic carbocycles. The summed E-state index contributed by atoms with van der Waals surface area (Å²) in [6.45, 7) is 2.27. The van der Waals surface area contributed by atoms with Crippen LogP contribution in [0.2, 0.25) is 0 Å². The second-order valence-electron chi connectivity index (χ2n) is 4.67. The molecule has 0 aromatic heterocycles. The average molecular weight is 285 g/mol.